The topological polar surface area (TPSA) is 49.8 Å². The fraction of sp³-hybridized carbons (Fsp3) is 0.417. The van der Waals surface area contributed by atoms with Crippen LogP contribution in [0.15, 0.2) is 22.7 Å². The normalized spacial score (nSPS) is 16.6. The summed E-state index contributed by atoms with van der Waals surface area (Å²) in [6, 6.07) is 5.41. The van der Waals surface area contributed by atoms with Gasteiger partial charge in [-0.15, -0.1) is 0 Å². The second kappa shape index (κ2) is 5.06. The van der Waals surface area contributed by atoms with Crippen LogP contribution in [0.5, 0.6) is 5.75 Å². The van der Waals surface area contributed by atoms with Crippen LogP contribution in [-0.4, -0.2) is 42.2 Å². The Morgan fingerprint density at radius 3 is 2.82 bits per heavy atom. The van der Waals surface area contributed by atoms with Gasteiger partial charge in [-0.1, -0.05) is 6.07 Å². The molecule has 1 aliphatic heterocycles. The first-order valence-corrected chi connectivity index (χ1v) is 6.19. The van der Waals surface area contributed by atoms with Gasteiger partial charge in [0.2, 0.25) is 0 Å². The van der Waals surface area contributed by atoms with Gasteiger partial charge in [0.1, 0.15) is 11.9 Å². The van der Waals surface area contributed by atoms with Crippen LogP contribution in [0.4, 0.5) is 0 Å². The molecule has 4 nitrogen and oxygen atoms in total. The molecule has 0 atom stereocenters. The summed E-state index contributed by atoms with van der Waals surface area (Å²) in [4.78, 5) is 12.8. The van der Waals surface area contributed by atoms with E-state index in [4.69, 9.17) is 9.84 Å². The third-order valence-electron chi connectivity index (χ3n) is 2.68. The second-order valence-electron chi connectivity index (χ2n) is 4.30. The number of ether oxygens (including phenoxy) is 1. The zero-order valence-electron chi connectivity index (χ0n) is 9.52. The van der Waals surface area contributed by atoms with Crippen molar-refractivity contribution in [2.75, 3.05) is 20.1 Å². The molecular weight excluding hydrogens is 286 g/mol. The number of rotatable bonds is 4. The summed E-state index contributed by atoms with van der Waals surface area (Å²) >= 11 is 3.40. The van der Waals surface area contributed by atoms with Gasteiger partial charge in [0.25, 0.3) is 0 Å². The van der Waals surface area contributed by atoms with Gasteiger partial charge in [-0.05, 0) is 40.7 Å². The Morgan fingerprint density at radius 1 is 1.59 bits per heavy atom. The number of carbonyl (C=O) groups is 1. The zero-order chi connectivity index (χ0) is 12.4. The zero-order valence-corrected chi connectivity index (χ0v) is 11.1. The largest absolute Gasteiger partial charge is 0.487 e. The van der Waals surface area contributed by atoms with E-state index in [1.807, 2.05) is 13.1 Å². The molecule has 92 valence electrons. The van der Waals surface area contributed by atoms with Crippen molar-refractivity contribution in [3.8, 4) is 5.75 Å². The van der Waals surface area contributed by atoms with Crippen LogP contribution in [0.25, 0.3) is 0 Å². The van der Waals surface area contributed by atoms with Crippen LogP contribution >= 0.6 is 15.9 Å². The molecule has 1 heterocycles. The molecule has 1 saturated heterocycles. The fourth-order valence-electron chi connectivity index (χ4n) is 1.82. The predicted molar refractivity (Wildman–Crippen MR) is 67.4 cm³/mol. The molecule has 0 bridgehead atoms. The first-order valence-electron chi connectivity index (χ1n) is 5.40. The predicted octanol–water partition coefficient (Wildman–Crippen LogP) is 1.77. The SMILES string of the molecule is CN1CC(Oc2ccc(CC(=O)O)cc2Br)C1. The van der Waals surface area contributed by atoms with Gasteiger partial charge in [0, 0.05) is 13.1 Å². The lowest BCUT2D eigenvalue weighted by Gasteiger charge is -2.36. The van der Waals surface area contributed by atoms with Crippen LogP contribution in [0.3, 0.4) is 0 Å². The first-order chi connectivity index (χ1) is 8.04. The minimum Gasteiger partial charge on any atom is -0.487 e. The summed E-state index contributed by atoms with van der Waals surface area (Å²) in [6.07, 6.45) is 0.270. The third kappa shape index (κ3) is 3.20. The van der Waals surface area contributed by atoms with Crippen molar-refractivity contribution in [1.82, 2.24) is 4.90 Å². The molecule has 0 aromatic heterocycles. The highest BCUT2D eigenvalue weighted by Crippen LogP contribution is 2.28. The molecule has 0 aliphatic carbocycles. The Hall–Kier alpha value is -1.07. The maximum atomic E-state index is 10.6. The van der Waals surface area contributed by atoms with Crippen molar-refractivity contribution >= 4 is 21.9 Å². The fourth-order valence-corrected chi connectivity index (χ4v) is 2.34. The molecule has 1 aromatic carbocycles. The number of hydrogen-bond donors (Lipinski definition) is 1. The van der Waals surface area contributed by atoms with Crippen molar-refractivity contribution < 1.29 is 14.6 Å². The Kier molecular flexibility index (Phi) is 3.69. The molecule has 17 heavy (non-hydrogen) atoms. The van der Waals surface area contributed by atoms with Crippen molar-refractivity contribution in [3.05, 3.63) is 28.2 Å². The van der Waals surface area contributed by atoms with E-state index in [1.165, 1.54) is 0 Å². The number of likely N-dealkylation sites (N-methyl/N-ethyl adjacent to an activating group) is 1. The molecular formula is C12H14BrNO3. The van der Waals surface area contributed by atoms with Crippen molar-refractivity contribution in [2.45, 2.75) is 12.5 Å². The number of carboxylic acid groups (broad SMARTS) is 1. The number of nitrogens with zero attached hydrogens (tertiary/aromatic N) is 1. The lowest BCUT2D eigenvalue weighted by Crippen LogP contribution is -2.51. The van der Waals surface area contributed by atoms with Crippen LogP contribution in [0.2, 0.25) is 0 Å². The maximum absolute atomic E-state index is 10.6. The molecule has 2 rings (SSSR count). The Morgan fingerprint density at radius 2 is 2.29 bits per heavy atom. The summed E-state index contributed by atoms with van der Waals surface area (Å²) in [5, 5.41) is 8.70. The van der Waals surface area contributed by atoms with Crippen LogP contribution in [-0.2, 0) is 11.2 Å². The summed E-state index contributed by atoms with van der Waals surface area (Å²) in [7, 11) is 2.05. The van der Waals surface area contributed by atoms with Crippen molar-refractivity contribution in [3.63, 3.8) is 0 Å². The van der Waals surface area contributed by atoms with E-state index in [0.29, 0.717) is 0 Å². The van der Waals surface area contributed by atoms with Gasteiger partial charge in [-0.25, -0.2) is 0 Å². The monoisotopic (exact) mass is 299 g/mol. The van der Waals surface area contributed by atoms with E-state index in [2.05, 4.69) is 20.8 Å². The van der Waals surface area contributed by atoms with Gasteiger partial charge >= 0.3 is 5.97 Å². The van der Waals surface area contributed by atoms with Crippen LogP contribution < -0.4 is 4.74 Å². The molecule has 1 N–H and O–H groups in total. The van der Waals surface area contributed by atoms with Crippen molar-refractivity contribution in [2.24, 2.45) is 0 Å². The van der Waals surface area contributed by atoms with E-state index < -0.39 is 5.97 Å². The van der Waals surface area contributed by atoms with Crippen LogP contribution in [0.1, 0.15) is 5.56 Å². The molecule has 0 amide bonds. The summed E-state index contributed by atoms with van der Waals surface area (Å²) in [5.41, 5.74) is 0.766. The molecule has 0 spiro atoms. The number of hydrogen-bond acceptors (Lipinski definition) is 3. The molecule has 0 unspecified atom stereocenters. The summed E-state index contributed by atoms with van der Waals surface area (Å²) < 4.78 is 6.59. The smallest absolute Gasteiger partial charge is 0.307 e. The quantitative estimate of drug-likeness (QED) is 0.920. The van der Waals surface area contributed by atoms with Gasteiger partial charge in [-0.3, -0.25) is 9.69 Å². The third-order valence-corrected chi connectivity index (χ3v) is 3.30. The minimum absolute atomic E-state index is 0.0328. The van der Waals surface area contributed by atoms with Crippen LogP contribution in [0, 0.1) is 0 Å². The Labute approximate surface area is 108 Å². The van der Waals surface area contributed by atoms with E-state index in [-0.39, 0.29) is 12.5 Å². The lowest BCUT2D eigenvalue weighted by molar-refractivity contribution is -0.136. The highest BCUT2D eigenvalue weighted by molar-refractivity contribution is 9.10. The Bertz CT molecular complexity index is 430. The summed E-state index contributed by atoms with van der Waals surface area (Å²) in [5.74, 6) is -0.0524. The van der Waals surface area contributed by atoms with Gasteiger partial charge in [0.05, 0.1) is 10.9 Å². The molecule has 0 radical (unpaired) electrons. The maximum Gasteiger partial charge on any atom is 0.307 e. The molecule has 0 saturated carbocycles. The van der Waals surface area contributed by atoms with E-state index >= 15 is 0 Å². The highest BCUT2D eigenvalue weighted by Gasteiger charge is 2.25. The van der Waals surface area contributed by atoms with Gasteiger partial charge in [-0.2, -0.15) is 0 Å². The lowest BCUT2D eigenvalue weighted by atomic mass is 10.1. The average Bonchev–Trinajstić information content (AvgIpc) is 2.18. The molecule has 5 heteroatoms. The van der Waals surface area contributed by atoms with Gasteiger partial charge < -0.3 is 9.84 Å². The van der Waals surface area contributed by atoms with Crippen molar-refractivity contribution in [1.29, 1.82) is 0 Å². The summed E-state index contributed by atoms with van der Waals surface area (Å²) in [6.45, 7) is 1.87. The average molecular weight is 300 g/mol. The number of benzene rings is 1. The number of carboxylic acids is 1. The van der Waals surface area contributed by atoms with Gasteiger partial charge in [0.15, 0.2) is 0 Å². The molecule has 1 fully saturated rings. The van der Waals surface area contributed by atoms with E-state index in [0.717, 1.165) is 28.9 Å². The number of likely N-dealkylation sites (tertiary alicyclic amines) is 1. The number of halogens is 1. The number of aliphatic carboxylic acids is 1. The Balaban J connectivity index is 2.01. The molecule has 1 aromatic rings. The van der Waals surface area contributed by atoms with E-state index in [1.54, 1.807) is 12.1 Å². The van der Waals surface area contributed by atoms with E-state index in [9.17, 15) is 4.79 Å². The second-order valence-corrected chi connectivity index (χ2v) is 5.15. The minimum atomic E-state index is -0.828. The standard InChI is InChI=1S/C12H14BrNO3/c1-14-6-9(7-14)17-11-3-2-8(4-10(11)13)5-12(15)16/h2-4,9H,5-7H2,1H3,(H,15,16). The first kappa shape index (κ1) is 12.4. The highest BCUT2D eigenvalue weighted by atomic mass is 79.9. The molecule has 1 aliphatic rings.